The number of rotatable bonds is 5. The van der Waals surface area contributed by atoms with E-state index in [4.69, 9.17) is 0 Å². The third-order valence-corrected chi connectivity index (χ3v) is 8.78. The largest absolute Gasteiger partial charge is 0.321 e. The van der Waals surface area contributed by atoms with Crippen molar-refractivity contribution in [2.45, 2.75) is 56.5 Å². The molecule has 1 saturated carbocycles. The molecule has 1 N–H and O–H groups in total. The van der Waals surface area contributed by atoms with Crippen LogP contribution in [0.25, 0.3) is 21.9 Å². The Morgan fingerprint density at radius 2 is 1.88 bits per heavy atom. The minimum absolute atomic E-state index is 0.0279. The number of para-hydroxylation sites is 1. The second-order valence-electron chi connectivity index (χ2n) is 8.39. The van der Waals surface area contributed by atoms with Gasteiger partial charge in [-0.15, -0.1) is 0 Å². The number of H-pyrrole nitrogens is 1. The van der Waals surface area contributed by atoms with Crippen LogP contribution >= 0.6 is 11.7 Å². The molecule has 2 heterocycles. The number of fused-ring (bicyclic) bond motifs is 2. The average Bonchev–Trinajstić information content (AvgIpc) is 3.27. The Morgan fingerprint density at radius 1 is 1.09 bits per heavy atom. The van der Waals surface area contributed by atoms with Crippen molar-refractivity contribution in [2.75, 3.05) is 0 Å². The molecule has 9 heteroatoms. The van der Waals surface area contributed by atoms with Crippen molar-refractivity contribution in [2.24, 2.45) is 0 Å². The molecule has 0 atom stereocenters. The van der Waals surface area contributed by atoms with E-state index in [1.165, 1.54) is 4.31 Å². The van der Waals surface area contributed by atoms with Crippen molar-refractivity contribution in [3.8, 4) is 0 Å². The SMILES string of the molecule is Cc1cccc2cc(CN(C3CCCCC3)S(=O)(=O)c3cccc4nsnc34)c(=O)[nH]c12. The summed E-state index contributed by atoms with van der Waals surface area (Å²) < 4.78 is 37.8. The third-order valence-electron chi connectivity index (χ3n) is 6.31. The first-order chi connectivity index (χ1) is 15.4. The zero-order chi connectivity index (χ0) is 22.3. The van der Waals surface area contributed by atoms with Gasteiger partial charge >= 0.3 is 0 Å². The van der Waals surface area contributed by atoms with Gasteiger partial charge in [-0.25, -0.2) is 8.42 Å². The summed E-state index contributed by atoms with van der Waals surface area (Å²) in [7, 11) is -3.89. The number of benzene rings is 2. The van der Waals surface area contributed by atoms with Gasteiger partial charge in [-0.3, -0.25) is 4.79 Å². The predicted octanol–water partition coefficient (Wildman–Crippen LogP) is 4.36. The molecule has 0 radical (unpaired) electrons. The van der Waals surface area contributed by atoms with Gasteiger partial charge in [0.2, 0.25) is 10.0 Å². The van der Waals surface area contributed by atoms with Crippen LogP contribution in [0.15, 0.2) is 52.2 Å². The maximum Gasteiger partial charge on any atom is 0.252 e. The number of sulfonamides is 1. The van der Waals surface area contributed by atoms with Gasteiger partial charge in [-0.2, -0.15) is 13.1 Å². The summed E-state index contributed by atoms with van der Waals surface area (Å²) >= 11 is 1.00. The molecule has 2 aromatic carbocycles. The van der Waals surface area contributed by atoms with E-state index >= 15 is 0 Å². The summed E-state index contributed by atoms with van der Waals surface area (Å²) in [5.41, 5.74) is 2.91. The fourth-order valence-electron chi connectivity index (χ4n) is 4.61. The summed E-state index contributed by atoms with van der Waals surface area (Å²) in [6, 6.07) is 12.5. The number of aromatic nitrogens is 3. The first-order valence-corrected chi connectivity index (χ1v) is 13.0. The van der Waals surface area contributed by atoms with Crippen LogP contribution in [-0.2, 0) is 16.6 Å². The van der Waals surface area contributed by atoms with Crippen molar-refractivity contribution < 1.29 is 8.42 Å². The molecule has 5 rings (SSSR count). The molecule has 4 aromatic rings. The Bertz CT molecular complexity index is 1450. The maximum absolute atomic E-state index is 13.9. The lowest BCUT2D eigenvalue weighted by molar-refractivity contribution is 0.247. The first-order valence-electron chi connectivity index (χ1n) is 10.8. The highest BCUT2D eigenvalue weighted by Crippen LogP contribution is 2.32. The van der Waals surface area contributed by atoms with Crippen LogP contribution < -0.4 is 5.56 Å². The van der Waals surface area contributed by atoms with E-state index in [-0.39, 0.29) is 23.0 Å². The molecular weight excluding hydrogens is 444 g/mol. The van der Waals surface area contributed by atoms with Crippen molar-refractivity contribution in [3.63, 3.8) is 0 Å². The van der Waals surface area contributed by atoms with Crippen LogP contribution in [0.1, 0.15) is 43.2 Å². The molecule has 7 nitrogen and oxygen atoms in total. The van der Waals surface area contributed by atoms with E-state index in [2.05, 4.69) is 13.7 Å². The Hall–Kier alpha value is -2.62. The molecule has 0 aliphatic heterocycles. The molecule has 1 aliphatic rings. The molecule has 0 saturated heterocycles. The van der Waals surface area contributed by atoms with Crippen molar-refractivity contribution in [3.05, 3.63) is 63.9 Å². The summed E-state index contributed by atoms with van der Waals surface area (Å²) in [5.74, 6) is 0. The molecule has 0 spiro atoms. The monoisotopic (exact) mass is 468 g/mol. The number of aromatic amines is 1. The summed E-state index contributed by atoms with van der Waals surface area (Å²) in [5, 5.41) is 0.895. The standard InChI is InChI=1S/C23H24N4O3S2/c1-15-7-5-8-16-13-17(23(28)24-21(15)16)14-27(18-9-3-2-4-10-18)32(29,30)20-12-6-11-19-22(20)26-31-25-19/h5-8,11-13,18H,2-4,9-10,14H2,1H3,(H,24,28). The second-order valence-corrected chi connectivity index (χ2v) is 10.8. The van der Waals surface area contributed by atoms with E-state index in [9.17, 15) is 13.2 Å². The van der Waals surface area contributed by atoms with E-state index in [1.807, 2.05) is 31.2 Å². The van der Waals surface area contributed by atoms with Crippen LogP contribution in [-0.4, -0.2) is 32.5 Å². The molecule has 1 aliphatic carbocycles. The Morgan fingerprint density at radius 3 is 2.69 bits per heavy atom. The molecule has 0 unspecified atom stereocenters. The van der Waals surface area contributed by atoms with Crippen LogP contribution in [0, 0.1) is 6.92 Å². The molecule has 32 heavy (non-hydrogen) atoms. The number of hydrogen-bond acceptors (Lipinski definition) is 6. The second kappa shape index (κ2) is 8.38. The van der Waals surface area contributed by atoms with Gasteiger partial charge in [-0.05, 0) is 48.9 Å². The van der Waals surface area contributed by atoms with E-state index in [0.29, 0.717) is 16.6 Å². The van der Waals surface area contributed by atoms with Gasteiger partial charge < -0.3 is 4.98 Å². The molecular formula is C23H24N4O3S2. The molecule has 0 amide bonds. The minimum Gasteiger partial charge on any atom is -0.321 e. The Kier molecular flexibility index (Phi) is 5.56. The van der Waals surface area contributed by atoms with Crippen LogP contribution in [0.3, 0.4) is 0 Å². The predicted molar refractivity (Wildman–Crippen MR) is 126 cm³/mol. The number of aryl methyl sites for hydroxylation is 1. The van der Waals surface area contributed by atoms with E-state index in [1.54, 1.807) is 18.2 Å². The zero-order valence-electron chi connectivity index (χ0n) is 17.7. The van der Waals surface area contributed by atoms with Gasteiger partial charge in [0, 0.05) is 18.2 Å². The van der Waals surface area contributed by atoms with Gasteiger partial charge in [0.05, 0.1) is 17.2 Å². The topological polar surface area (TPSA) is 96.0 Å². The molecule has 1 fully saturated rings. The van der Waals surface area contributed by atoms with Crippen molar-refractivity contribution >= 4 is 43.7 Å². The molecule has 166 valence electrons. The molecule has 0 bridgehead atoms. The van der Waals surface area contributed by atoms with Gasteiger partial charge in [0.25, 0.3) is 5.56 Å². The Balaban J connectivity index is 1.62. The smallest absolute Gasteiger partial charge is 0.252 e. The average molecular weight is 469 g/mol. The fourth-order valence-corrected chi connectivity index (χ4v) is 7.03. The highest BCUT2D eigenvalue weighted by molar-refractivity contribution is 7.89. The normalized spacial score (nSPS) is 15.7. The quantitative estimate of drug-likeness (QED) is 0.469. The van der Waals surface area contributed by atoms with Crippen LogP contribution in [0.2, 0.25) is 0 Å². The summed E-state index contributed by atoms with van der Waals surface area (Å²) in [6.45, 7) is 1.97. The third kappa shape index (κ3) is 3.74. The summed E-state index contributed by atoms with van der Waals surface area (Å²) in [6.07, 6.45) is 4.63. The number of pyridine rings is 1. The van der Waals surface area contributed by atoms with Gasteiger partial charge in [-0.1, -0.05) is 43.5 Å². The van der Waals surface area contributed by atoms with Crippen molar-refractivity contribution in [1.29, 1.82) is 0 Å². The highest BCUT2D eigenvalue weighted by atomic mass is 32.2. The highest BCUT2D eigenvalue weighted by Gasteiger charge is 2.34. The lowest BCUT2D eigenvalue weighted by Gasteiger charge is -2.33. The van der Waals surface area contributed by atoms with Crippen LogP contribution in [0.4, 0.5) is 0 Å². The van der Waals surface area contributed by atoms with Gasteiger partial charge in [0.1, 0.15) is 15.9 Å². The number of hydrogen-bond donors (Lipinski definition) is 1. The fraction of sp³-hybridized carbons (Fsp3) is 0.348. The maximum atomic E-state index is 13.9. The lowest BCUT2D eigenvalue weighted by Crippen LogP contribution is -2.42. The lowest BCUT2D eigenvalue weighted by atomic mass is 9.95. The first kappa shape index (κ1) is 21.2. The van der Waals surface area contributed by atoms with Crippen molar-refractivity contribution in [1.82, 2.24) is 18.0 Å². The minimum atomic E-state index is -3.89. The van der Waals surface area contributed by atoms with E-state index < -0.39 is 10.0 Å². The summed E-state index contributed by atoms with van der Waals surface area (Å²) in [4.78, 5) is 16.0. The van der Waals surface area contributed by atoms with E-state index in [0.717, 1.165) is 60.3 Å². The number of nitrogens with zero attached hydrogens (tertiary/aromatic N) is 3. The number of nitrogens with one attached hydrogen (secondary N) is 1. The van der Waals surface area contributed by atoms with Crippen LogP contribution in [0.5, 0.6) is 0 Å². The Labute approximate surface area is 190 Å². The molecule has 2 aromatic heterocycles. The zero-order valence-corrected chi connectivity index (χ0v) is 19.4. The van der Waals surface area contributed by atoms with Gasteiger partial charge in [0.15, 0.2) is 0 Å².